The molecule has 0 saturated heterocycles. The van der Waals surface area contributed by atoms with Gasteiger partial charge in [-0.05, 0) is 19.1 Å². The van der Waals surface area contributed by atoms with E-state index in [0.29, 0.717) is 11.4 Å². The maximum absolute atomic E-state index is 12.8. The lowest BCUT2D eigenvalue weighted by molar-refractivity contribution is 0.0947. The van der Waals surface area contributed by atoms with Gasteiger partial charge in [-0.1, -0.05) is 78.9 Å². The molecule has 0 unspecified atom stereocenters. The Bertz CT molecular complexity index is 1240. The van der Waals surface area contributed by atoms with Gasteiger partial charge in [0.1, 0.15) is 0 Å². The number of aryl methyl sites for hydroxylation is 1. The number of aromatic nitrogens is 2. The van der Waals surface area contributed by atoms with Crippen molar-refractivity contribution in [1.82, 2.24) is 15.2 Å². The Morgan fingerprint density at radius 3 is 1.90 bits per heavy atom. The van der Waals surface area contributed by atoms with Gasteiger partial charge in [-0.15, -0.1) is 0 Å². The third kappa shape index (κ3) is 4.48. The van der Waals surface area contributed by atoms with Crippen molar-refractivity contribution in [3.8, 4) is 5.69 Å². The fraction of sp³-hybridized carbons (Fsp3) is 0.0400. The maximum atomic E-state index is 12.8. The normalized spacial score (nSPS) is 10.4. The van der Waals surface area contributed by atoms with Crippen LogP contribution in [0.15, 0.2) is 107 Å². The highest BCUT2D eigenvalue weighted by molar-refractivity contribution is 6.13. The van der Waals surface area contributed by atoms with E-state index in [1.165, 1.54) is 6.07 Å². The van der Waals surface area contributed by atoms with E-state index in [0.717, 1.165) is 16.8 Å². The fourth-order valence-corrected chi connectivity index (χ4v) is 3.18. The van der Waals surface area contributed by atoms with Gasteiger partial charge in [-0.3, -0.25) is 9.59 Å². The molecule has 0 bridgehead atoms. The monoisotopic (exact) mass is 408 g/mol. The first-order chi connectivity index (χ1) is 15.1. The number of nitrogens with zero attached hydrogens (tertiary/aromatic N) is 3. The van der Waals surface area contributed by atoms with Crippen molar-refractivity contribution < 1.29 is 4.79 Å². The number of nitrogens with one attached hydrogen (secondary N) is 1. The van der Waals surface area contributed by atoms with Gasteiger partial charge in [0, 0.05) is 22.9 Å². The molecule has 31 heavy (non-hydrogen) atoms. The van der Waals surface area contributed by atoms with Crippen LogP contribution in [0.2, 0.25) is 0 Å². The van der Waals surface area contributed by atoms with Crippen molar-refractivity contribution in [3.63, 3.8) is 0 Å². The molecule has 1 N–H and O–H groups in total. The summed E-state index contributed by atoms with van der Waals surface area (Å²) in [6, 6.07) is 29.8. The Morgan fingerprint density at radius 2 is 1.35 bits per heavy atom. The van der Waals surface area contributed by atoms with Crippen molar-refractivity contribution >= 4 is 11.6 Å². The van der Waals surface area contributed by atoms with Gasteiger partial charge in [0.05, 0.1) is 11.4 Å². The third-order valence-corrected chi connectivity index (χ3v) is 4.69. The summed E-state index contributed by atoms with van der Waals surface area (Å²) >= 11 is 0. The second kappa shape index (κ2) is 9.00. The quantitative estimate of drug-likeness (QED) is 0.404. The molecule has 3 aromatic carbocycles. The molecule has 0 radical (unpaired) electrons. The third-order valence-electron chi connectivity index (χ3n) is 4.69. The van der Waals surface area contributed by atoms with Gasteiger partial charge in [-0.25, -0.2) is 10.1 Å². The van der Waals surface area contributed by atoms with Crippen LogP contribution in [0.25, 0.3) is 5.69 Å². The van der Waals surface area contributed by atoms with Crippen LogP contribution in [0.4, 0.5) is 0 Å². The van der Waals surface area contributed by atoms with Crippen LogP contribution in [0, 0.1) is 6.92 Å². The Morgan fingerprint density at radius 1 is 0.839 bits per heavy atom. The zero-order valence-corrected chi connectivity index (χ0v) is 16.9. The summed E-state index contributed by atoms with van der Waals surface area (Å²) in [4.78, 5) is 25.3. The molecule has 1 amide bonds. The molecule has 6 heteroatoms. The first-order valence-electron chi connectivity index (χ1n) is 9.79. The number of hydrazone groups is 1. The van der Waals surface area contributed by atoms with Crippen molar-refractivity contribution in [2.75, 3.05) is 0 Å². The van der Waals surface area contributed by atoms with Crippen LogP contribution in [-0.4, -0.2) is 21.4 Å². The number of carbonyl (C=O) groups is 1. The number of amides is 1. The van der Waals surface area contributed by atoms with Crippen LogP contribution < -0.4 is 10.9 Å². The number of carbonyl (C=O) groups excluding carboxylic acids is 1. The standard InChI is InChI=1S/C25H20N4O2/c1-18-17-22(30)24(28-29(18)21-15-9-4-10-16-21)25(31)27-26-23(19-11-5-2-6-12-19)20-13-7-3-8-14-20/h2-17H,1H3,(H,27,31). The highest BCUT2D eigenvalue weighted by Gasteiger charge is 2.16. The van der Waals surface area contributed by atoms with Gasteiger partial charge in [0.2, 0.25) is 5.43 Å². The predicted molar refractivity (Wildman–Crippen MR) is 121 cm³/mol. The van der Waals surface area contributed by atoms with E-state index in [4.69, 9.17) is 0 Å². The topological polar surface area (TPSA) is 76.3 Å². The van der Waals surface area contributed by atoms with Crippen molar-refractivity contribution in [1.29, 1.82) is 0 Å². The molecule has 0 fully saturated rings. The average molecular weight is 408 g/mol. The largest absolute Gasteiger partial charge is 0.295 e. The van der Waals surface area contributed by atoms with Gasteiger partial charge in [-0.2, -0.15) is 10.2 Å². The molecule has 0 aliphatic carbocycles. The number of para-hydroxylation sites is 1. The molecule has 0 aliphatic rings. The minimum atomic E-state index is -0.668. The SMILES string of the molecule is Cc1cc(=O)c(C(=O)NN=C(c2ccccc2)c2ccccc2)nn1-c1ccccc1. The molecule has 1 aromatic heterocycles. The summed E-state index contributed by atoms with van der Waals surface area (Å²) in [5, 5.41) is 8.62. The number of benzene rings is 3. The van der Waals surface area contributed by atoms with Gasteiger partial charge >= 0.3 is 0 Å². The lowest BCUT2D eigenvalue weighted by Gasteiger charge is -2.11. The molecule has 4 rings (SSSR count). The summed E-state index contributed by atoms with van der Waals surface area (Å²) in [5.41, 5.74) is 5.48. The van der Waals surface area contributed by atoms with Crippen LogP contribution in [-0.2, 0) is 0 Å². The minimum absolute atomic E-state index is 0.223. The highest BCUT2D eigenvalue weighted by Crippen LogP contribution is 2.11. The summed E-state index contributed by atoms with van der Waals surface area (Å²) in [6.45, 7) is 1.77. The van der Waals surface area contributed by atoms with Gasteiger partial charge < -0.3 is 0 Å². The minimum Gasteiger partial charge on any atom is -0.287 e. The summed E-state index contributed by atoms with van der Waals surface area (Å²) < 4.78 is 1.56. The highest BCUT2D eigenvalue weighted by atomic mass is 16.2. The molecule has 4 aromatic rings. The number of hydrogen-bond donors (Lipinski definition) is 1. The fourth-order valence-electron chi connectivity index (χ4n) is 3.18. The summed E-state index contributed by atoms with van der Waals surface area (Å²) in [6.07, 6.45) is 0. The molecule has 1 heterocycles. The van der Waals surface area contributed by atoms with Crippen LogP contribution >= 0.6 is 0 Å². The van der Waals surface area contributed by atoms with Crippen molar-refractivity contribution in [2.24, 2.45) is 5.10 Å². The molecule has 0 saturated carbocycles. The second-order valence-corrected chi connectivity index (χ2v) is 6.88. The Kier molecular flexibility index (Phi) is 5.80. The Hall–Kier alpha value is -4.32. The van der Waals surface area contributed by atoms with E-state index in [2.05, 4.69) is 15.6 Å². The summed E-state index contributed by atoms with van der Waals surface area (Å²) in [5.74, 6) is -0.668. The number of hydrogen-bond acceptors (Lipinski definition) is 4. The molecular weight excluding hydrogens is 388 g/mol. The van der Waals surface area contributed by atoms with E-state index in [9.17, 15) is 9.59 Å². The van der Waals surface area contributed by atoms with Crippen LogP contribution in [0.1, 0.15) is 27.3 Å². The molecule has 6 nitrogen and oxygen atoms in total. The zero-order chi connectivity index (χ0) is 21.6. The Balaban J connectivity index is 1.70. The van der Waals surface area contributed by atoms with E-state index in [1.54, 1.807) is 11.6 Å². The lowest BCUT2D eigenvalue weighted by Crippen LogP contribution is -2.30. The molecule has 0 spiro atoms. The molecular formula is C25H20N4O2. The van der Waals surface area contributed by atoms with Gasteiger partial charge in [0.25, 0.3) is 5.91 Å². The van der Waals surface area contributed by atoms with E-state index < -0.39 is 11.3 Å². The second-order valence-electron chi connectivity index (χ2n) is 6.88. The Labute approximate surface area is 179 Å². The first-order valence-corrected chi connectivity index (χ1v) is 9.79. The smallest absolute Gasteiger partial charge is 0.287 e. The molecule has 0 atom stereocenters. The zero-order valence-electron chi connectivity index (χ0n) is 16.9. The average Bonchev–Trinajstić information content (AvgIpc) is 2.81. The maximum Gasteiger partial charge on any atom is 0.295 e. The molecule has 0 aliphatic heterocycles. The van der Waals surface area contributed by atoms with Crippen LogP contribution in [0.5, 0.6) is 0 Å². The van der Waals surface area contributed by atoms with E-state index in [1.807, 2.05) is 91.0 Å². The first kappa shape index (κ1) is 20.0. The van der Waals surface area contributed by atoms with Crippen LogP contribution in [0.3, 0.4) is 0 Å². The van der Waals surface area contributed by atoms with Crippen molar-refractivity contribution in [2.45, 2.75) is 6.92 Å². The molecule has 152 valence electrons. The van der Waals surface area contributed by atoms with Gasteiger partial charge in [0.15, 0.2) is 5.69 Å². The van der Waals surface area contributed by atoms with E-state index in [-0.39, 0.29) is 5.69 Å². The van der Waals surface area contributed by atoms with E-state index >= 15 is 0 Å². The number of rotatable bonds is 5. The lowest BCUT2D eigenvalue weighted by atomic mass is 10.0. The predicted octanol–water partition coefficient (Wildman–Crippen LogP) is 3.72. The summed E-state index contributed by atoms with van der Waals surface area (Å²) in [7, 11) is 0. The van der Waals surface area contributed by atoms with Crippen molar-refractivity contribution in [3.05, 3.63) is 130 Å².